The molecule has 0 saturated carbocycles. The monoisotopic (exact) mass is 273 g/mol. The number of halogens is 1. The van der Waals surface area contributed by atoms with Crippen molar-refractivity contribution in [2.45, 2.75) is 19.3 Å². The number of rotatable bonds is 2. The van der Waals surface area contributed by atoms with Crippen LogP contribution in [-0.4, -0.2) is 15.9 Å². The molecule has 0 atom stereocenters. The van der Waals surface area contributed by atoms with Crippen LogP contribution in [0.25, 0.3) is 0 Å². The van der Waals surface area contributed by atoms with Crippen molar-refractivity contribution >= 4 is 23.2 Å². The number of hydrogen-bond donors (Lipinski definition) is 1. The first kappa shape index (κ1) is 12.1. The molecule has 0 aliphatic heterocycles. The number of carbonyl (C=O) groups is 1. The second-order valence-electron chi connectivity index (χ2n) is 4.52. The standard InChI is InChI=1S/C14H12ClN3O/c15-13-8-16-7-12(18-13)14(19)17-11-5-4-9-2-1-3-10(9)6-11/h4-8H,1-3H2,(H,17,19). The van der Waals surface area contributed by atoms with Gasteiger partial charge < -0.3 is 5.32 Å². The molecule has 2 aromatic rings. The summed E-state index contributed by atoms with van der Waals surface area (Å²) in [6, 6.07) is 6.01. The molecule has 0 saturated heterocycles. The SMILES string of the molecule is O=C(Nc1ccc2c(c1)CCC2)c1cncc(Cl)n1. The van der Waals surface area contributed by atoms with Crippen LogP contribution in [0.2, 0.25) is 5.15 Å². The van der Waals surface area contributed by atoms with Gasteiger partial charge in [-0.15, -0.1) is 0 Å². The zero-order valence-electron chi connectivity index (χ0n) is 10.2. The van der Waals surface area contributed by atoms with Crippen LogP contribution < -0.4 is 5.32 Å². The van der Waals surface area contributed by atoms with Crippen molar-refractivity contribution in [3.63, 3.8) is 0 Å². The van der Waals surface area contributed by atoms with Crippen molar-refractivity contribution in [3.8, 4) is 0 Å². The number of nitrogens with one attached hydrogen (secondary N) is 1. The quantitative estimate of drug-likeness (QED) is 0.915. The van der Waals surface area contributed by atoms with E-state index < -0.39 is 0 Å². The molecule has 0 bridgehead atoms. The fourth-order valence-corrected chi connectivity index (χ4v) is 2.44. The van der Waals surface area contributed by atoms with E-state index in [1.54, 1.807) is 0 Å². The van der Waals surface area contributed by atoms with Gasteiger partial charge in [-0.05, 0) is 42.5 Å². The van der Waals surface area contributed by atoms with Crippen molar-refractivity contribution in [3.05, 3.63) is 52.6 Å². The first-order chi connectivity index (χ1) is 9.22. The van der Waals surface area contributed by atoms with E-state index in [0.29, 0.717) is 0 Å². The number of hydrogen-bond acceptors (Lipinski definition) is 3. The number of aryl methyl sites for hydroxylation is 2. The molecule has 19 heavy (non-hydrogen) atoms. The highest BCUT2D eigenvalue weighted by molar-refractivity contribution is 6.29. The summed E-state index contributed by atoms with van der Waals surface area (Å²) in [5.74, 6) is -0.298. The molecule has 1 aliphatic carbocycles. The number of benzene rings is 1. The fourth-order valence-electron chi connectivity index (χ4n) is 2.30. The van der Waals surface area contributed by atoms with E-state index in [1.807, 2.05) is 12.1 Å². The molecule has 96 valence electrons. The Labute approximate surface area is 115 Å². The van der Waals surface area contributed by atoms with Gasteiger partial charge in [-0.2, -0.15) is 0 Å². The van der Waals surface area contributed by atoms with E-state index in [4.69, 9.17) is 11.6 Å². The molecule has 4 nitrogen and oxygen atoms in total. The van der Waals surface area contributed by atoms with Crippen LogP contribution in [0.4, 0.5) is 5.69 Å². The summed E-state index contributed by atoms with van der Waals surface area (Å²) in [4.78, 5) is 19.8. The third-order valence-corrected chi connectivity index (χ3v) is 3.38. The molecule has 0 unspecified atom stereocenters. The minimum atomic E-state index is -0.298. The summed E-state index contributed by atoms with van der Waals surface area (Å²) >= 11 is 5.72. The van der Waals surface area contributed by atoms with Crippen molar-refractivity contribution in [2.75, 3.05) is 5.32 Å². The second kappa shape index (κ2) is 4.97. The summed E-state index contributed by atoms with van der Waals surface area (Å²) in [5, 5.41) is 3.02. The van der Waals surface area contributed by atoms with Gasteiger partial charge in [-0.3, -0.25) is 9.78 Å². The number of fused-ring (bicyclic) bond motifs is 1. The van der Waals surface area contributed by atoms with Crippen LogP contribution in [0.3, 0.4) is 0 Å². The van der Waals surface area contributed by atoms with E-state index in [-0.39, 0.29) is 16.8 Å². The van der Waals surface area contributed by atoms with Gasteiger partial charge in [0.05, 0.1) is 12.4 Å². The highest BCUT2D eigenvalue weighted by Crippen LogP contribution is 2.25. The van der Waals surface area contributed by atoms with Crippen LogP contribution in [-0.2, 0) is 12.8 Å². The van der Waals surface area contributed by atoms with E-state index >= 15 is 0 Å². The molecule has 1 amide bonds. The molecule has 1 aromatic heterocycles. The lowest BCUT2D eigenvalue weighted by Gasteiger charge is -2.07. The van der Waals surface area contributed by atoms with Gasteiger partial charge in [0.2, 0.25) is 0 Å². The Bertz CT molecular complexity index is 642. The number of amides is 1. The summed E-state index contributed by atoms with van der Waals surface area (Å²) in [5.41, 5.74) is 3.69. The Kier molecular flexibility index (Phi) is 3.17. The lowest BCUT2D eigenvalue weighted by atomic mass is 10.1. The molecule has 1 aliphatic rings. The van der Waals surface area contributed by atoms with Gasteiger partial charge in [0, 0.05) is 5.69 Å². The fraction of sp³-hybridized carbons (Fsp3) is 0.214. The molecule has 5 heteroatoms. The van der Waals surface area contributed by atoms with E-state index in [1.165, 1.54) is 29.9 Å². The zero-order valence-corrected chi connectivity index (χ0v) is 10.9. The molecule has 1 heterocycles. The Hall–Kier alpha value is -1.94. The molecule has 0 spiro atoms. The topological polar surface area (TPSA) is 54.9 Å². The highest BCUT2D eigenvalue weighted by Gasteiger charge is 2.13. The Morgan fingerprint density at radius 3 is 2.89 bits per heavy atom. The molecule has 0 fully saturated rings. The van der Waals surface area contributed by atoms with Crippen LogP contribution in [0.5, 0.6) is 0 Å². The van der Waals surface area contributed by atoms with Crippen LogP contribution in [0, 0.1) is 0 Å². The molecule has 3 rings (SSSR count). The average Bonchev–Trinajstić information content (AvgIpc) is 2.86. The molecule has 0 radical (unpaired) electrons. The van der Waals surface area contributed by atoms with Crippen molar-refractivity contribution in [1.82, 2.24) is 9.97 Å². The van der Waals surface area contributed by atoms with Gasteiger partial charge in [-0.25, -0.2) is 4.98 Å². The molecule has 1 aromatic carbocycles. The first-order valence-electron chi connectivity index (χ1n) is 6.13. The molecular formula is C14H12ClN3O. The van der Waals surface area contributed by atoms with Crippen molar-refractivity contribution in [1.29, 1.82) is 0 Å². The molecular weight excluding hydrogens is 262 g/mol. The van der Waals surface area contributed by atoms with E-state index in [0.717, 1.165) is 18.5 Å². The second-order valence-corrected chi connectivity index (χ2v) is 4.91. The first-order valence-corrected chi connectivity index (χ1v) is 6.51. The van der Waals surface area contributed by atoms with E-state index in [2.05, 4.69) is 21.4 Å². The van der Waals surface area contributed by atoms with Gasteiger partial charge >= 0.3 is 0 Å². The largest absolute Gasteiger partial charge is 0.321 e. The van der Waals surface area contributed by atoms with Gasteiger partial charge in [0.15, 0.2) is 0 Å². The highest BCUT2D eigenvalue weighted by atomic mass is 35.5. The number of carbonyl (C=O) groups excluding carboxylic acids is 1. The van der Waals surface area contributed by atoms with Crippen LogP contribution in [0.1, 0.15) is 28.0 Å². The Balaban J connectivity index is 1.80. The van der Waals surface area contributed by atoms with Crippen LogP contribution in [0.15, 0.2) is 30.6 Å². The van der Waals surface area contributed by atoms with Crippen molar-refractivity contribution in [2.24, 2.45) is 0 Å². The third kappa shape index (κ3) is 2.58. The van der Waals surface area contributed by atoms with Gasteiger partial charge in [0.1, 0.15) is 10.8 Å². The lowest BCUT2D eigenvalue weighted by molar-refractivity contribution is 0.102. The minimum Gasteiger partial charge on any atom is -0.321 e. The number of aromatic nitrogens is 2. The Morgan fingerprint density at radius 2 is 2.05 bits per heavy atom. The third-order valence-electron chi connectivity index (χ3n) is 3.19. The summed E-state index contributed by atoms with van der Waals surface area (Å²) in [6.45, 7) is 0. The smallest absolute Gasteiger partial charge is 0.275 e. The lowest BCUT2D eigenvalue weighted by Crippen LogP contribution is -2.14. The maximum atomic E-state index is 12.0. The summed E-state index contributed by atoms with van der Waals surface area (Å²) in [7, 11) is 0. The van der Waals surface area contributed by atoms with Crippen molar-refractivity contribution < 1.29 is 4.79 Å². The van der Waals surface area contributed by atoms with Crippen LogP contribution >= 0.6 is 11.6 Å². The van der Waals surface area contributed by atoms with E-state index in [9.17, 15) is 4.79 Å². The minimum absolute atomic E-state index is 0.210. The van der Waals surface area contributed by atoms with Gasteiger partial charge in [0.25, 0.3) is 5.91 Å². The summed E-state index contributed by atoms with van der Waals surface area (Å²) in [6.07, 6.45) is 6.19. The number of nitrogens with zero attached hydrogens (tertiary/aromatic N) is 2. The summed E-state index contributed by atoms with van der Waals surface area (Å²) < 4.78 is 0. The predicted molar refractivity (Wildman–Crippen MR) is 73.5 cm³/mol. The number of anilines is 1. The average molecular weight is 274 g/mol. The molecule has 1 N–H and O–H groups in total. The normalized spacial score (nSPS) is 13.1. The Morgan fingerprint density at radius 1 is 1.21 bits per heavy atom. The zero-order chi connectivity index (χ0) is 13.2. The maximum absolute atomic E-state index is 12.0. The predicted octanol–water partition coefficient (Wildman–Crippen LogP) is 2.87. The van der Waals surface area contributed by atoms with Gasteiger partial charge in [-0.1, -0.05) is 17.7 Å². The maximum Gasteiger partial charge on any atom is 0.275 e.